The largest absolute Gasteiger partial charge is 0.333 e. The van der Waals surface area contributed by atoms with Crippen LogP contribution in [-0.4, -0.2) is 34.3 Å². The van der Waals surface area contributed by atoms with Crippen molar-refractivity contribution in [2.75, 3.05) is 13.1 Å². The summed E-state index contributed by atoms with van der Waals surface area (Å²) in [5, 5.41) is 2.15. The Bertz CT molecular complexity index is 675. The van der Waals surface area contributed by atoms with Crippen LogP contribution in [0.3, 0.4) is 0 Å². The van der Waals surface area contributed by atoms with Gasteiger partial charge in [-0.1, -0.05) is 36.4 Å². The Kier molecular flexibility index (Phi) is 4.42. The third-order valence-corrected chi connectivity index (χ3v) is 6.47. The van der Waals surface area contributed by atoms with Crippen molar-refractivity contribution in [3.63, 3.8) is 0 Å². The Hall–Kier alpha value is -1.65. The number of carbonyl (C=O) groups is 1. The van der Waals surface area contributed by atoms with Crippen LogP contribution in [0.25, 0.3) is 0 Å². The topological polar surface area (TPSA) is 23.6 Å². The predicted molar refractivity (Wildman–Crippen MR) is 97.8 cm³/mol. The van der Waals surface area contributed by atoms with Gasteiger partial charge >= 0.3 is 0 Å². The van der Waals surface area contributed by atoms with Crippen LogP contribution in [0.1, 0.15) is 36.1 Å². The molecule has 24 heavy (non-hydrogen) atoms. The fourth-order valence-electron chi connectivity index (χ4n) is 4.17. The van der Waals surface area contributed by atoms with Gasteiger partial charge in [-0.05, 0) is 36.3 Å². The normalized spacial score (nSPS) is 20.8. The first-order valence-corrected chi connectivity index (χ1v) is 9.72. The van der Waals surface area contributed by atoms with E-state index in [4.69, 9.17) is 0 Å². The molecule has 4 rings (SSSR count). The van der Waals surface area contributed by atoms with E-state index in [-0.39, 0.29) is 5.54 Å². The lowest BCUT2D eigenvalue weighted by Crippen LogP contribution is -2.52. The highest BCUT2D eigenvalue weighted by molar-refractivity contribution is 7.09. The second kappa shape index (κ2) is 6.69. The molecule has 1 aromatic heterocycles. The number of nitrogens with zero attached hydrogens (tertiary/aromatic N) is 2. The van der Waals surface area contributed by atoms with Gasteiger partial charge in [0.1, 0.15) is 0 Å². The molecule has 0 unspecified atom stereocenters. The van der Waals surface area contributed by atoms with Gasteiger partial charge in [-0.3, -0.25) is 9.69 Å². The number of thiophene rings is 1. The second-order valence-electron chi connectivity index (χ2n) is 7.05. The van der Waals surface area contributed by atoms with Gasteiger partial charge in [0, 0.05) is 43.0 Å². The molecule has 1 amide bonds. The van der Waals surface area contributed by atoms with E-state index in [0.29, 0.717) is 5.91 Å². The number of carbonyl (C=O) groups excluding carboxylic acids is 1. The molecule has 3 heterocycles. The summed E-state index contributed by atoms with van der Waals surface area (Å²) in [7, 11) is 0. The van der Waals surface area contributed by atoms with Crippen molar-refractivity contribution in [3.8, 4) is 0 Å². The number of hydrogen-bond donors (Lipinski definition) is 0. The molecule has 0 radical (unpaired) electrons. The summed E-state index contributed by atoms with van der Waals surface area (Å²) < 4.78 is 0. The van der Waals surface area contributed by atoms with Crippen LogP contribution in [0, 0.1) is 0 Å². The molecular formula is C20H24N2OS. The van der Waals surface area contributed by atoms with E-state index < -0.39 is 0 Å². The number of piperidine rings is 1. The van der Waals surface area contributed by atoms with Crippen LogP contribution in [0.15, 0.2) is 47.8 Å². The molecule has 126 valence electrons. The predicted octanol–water partition coefficient (Wildman–Crippen LogP) is 3.91. The van der Waals surface area contributed by atoms with Gasteiger partial charge in [0.15, 0.2) is 0 Å². The first-order valence-electron chi connectivity index (χ1n) is 8.84. The molecule has 2 aliphatic heterocycles. The summed E-state index contributed by atoms with van der Waals surface area (Å²) in [5.74, 6) is 0.338. The van der Waals surface area contributed by atoms with E-state index in [0.717, 1.165) is 51.9 Å². The minimum Gasteiger partial charge on any atom is -0.333 e. The van der Waals surface area contributed by atoms with E-state index in [1.165, 1.54) is 10.4 Å². The maximum atomic E-state index is 12.5. The molecule has 2 aliphatic rings. The minimum absolute atomic E-state index is 0.0961. The maximum Gasteiger partial charge on any atom is 0.223 e. The van der Waals surface area contributed by atoms with Crippen molar-refractivity contribution in [1.29, 1.82) is 0 Å². The van der Waals surface area contributed by atoms with Crippen LogP contribution in [-0.2, 0) is 17.9 Å². The highest BCUT2D eigenvalue weighted by Gasteiger charge is 2.46. The Labute approximate surface area is 147 Å². The SMILES string of the molecule is O=C1CCC2(CCN(Cc3cccs3)CC2)N1Cc1ccccc1. The van der Waals surface area contributed by atoms with Crippen molar-refractivity contribution >= 4 is 17.2 Å². The molecule has 4 heteroatoms. The zero-order valence-electron chi connectivity index (χ0n) is 14.0. The van der Waals surface area contributed by atoms with Crippen molar-refractivity contribution < 1.29 is 4.79 Å². The lowest BCUT2D eigenvalue weighted by atomic mass is 9.84. The van der Waals surface area contributed by atoms with Crippen LogP contribution >= 0.6 is 11.3 Å². The van der Waals surface area contributed by atoms with E-state index in [1.807, 2.05) is 17.4 Å². The molecule has 0 bridgehead atoms. The van der Waals surface area contributed by atoms with Crippen molar-refractivity contribution in [2.45, 2.75) is 44.3 Å². The standard InChI is InChI=1S/C20H24N2OS/c23-19-8-9-20(22(19)15-17-5-2-1-3-6-17)10-12-21(13-11-20)16-18-7-4-14-24-18/h1-7,14H,8-13,15-16H2. The van der Waals surface area contributed by atoms with Gasteiger partial charge in [0.2, 0.25) is 5.91 Å². The average Bonchev–Trinajstić information content (AvgIpc) is 3.22. The van der Waals surface area contributed by atoms with Gasteiger partial charge in [-0.15, -0.1) is 11.3 Å². The number of amides is 1. The fraction of sp³-hybridized carbons (Fsp3) is 0.450. The lowest BCUT2D eigenvalue weighted by Gasteiger charge is -2.45. The zero-order chi connectivity index (χ0) is 16.4. The molecule has 0 atom stereocenters. The monoisotopic (exact) mass is 340 g/mol. The van der Waals surface area contributed by atoms with Gasteiger partial charge < -0.3 is 4.90 Å². The maximum absolute atomic E-state index is 12.5. The van der Waals surface area contributed by atoms with E-state index in [1.54, 1.807) is 0 Å². The first kappa shape index (κ1) is 15.9. The highest BCUT2D eigenvalue weighted by Crippen LogP contribution is 2.40. The van der Waals surface area contributed by atoms with E-state index in [2.05, 4.69) is 51.6 Å². The third-order valence-electron chi connectivity index (χ3n) is 5.61. The molecule has 2 saturated heterocycles. The van der Waals surface area contributed by atoms with E-state index >= 15 is 0 Å². The second-order valence-corrected chi connectivity index (χ2v) is 8.08. The van der Waals surface area contributed by atoms with E-state index in [9.17, 15) is 4.79 Å². The summed E-state index contributed by atoms with van der Waals surface area (Å²) in [4.78, 5) is 18.7. The molecule has 2 fully saturated rings. The summed E-state index contributed by atoms with van der Waals surface area (Å²) >= 11 is 1.84. The fourth-order valence-corrected chi connectivity index (χ4v) is 4.91. The third kappa shape index (κ3) is 3.13. The van der Waals surface area contributed by atoms with Crippen molar-refractivity contribution in [1.82, 2.24) is 9.80 Å². The number of rotatable bonds is 4. The summed E-state index contributed by atoms with van der Waals surface area (Å²) in [5.41, 5.74) is 1.34. The number of likely N-dealkylation sites (tertiary alicyclic amines) is 2. The van der Waals surface area contributed by atoms with Crippen molar-refractivity contribution in [2.24, 2.45) is 0 Å². The molecule has 0 saturated carbocycles. The molecule has 1 spiro atoms. The molecule has 2 aromatic rings. The average molecular weight is 340 g/mol. The Balaban J connectivity index is 1.43. The molecule has 1 aromatic carbocycles. The first-order chi connectivity index (χ1) is 11.8. The van der Waals surface area contributed by atoms with Crippen LogP contribution in [0.4, 0.5) is 0 Å². The Morgan fingerprint density at radius 1 is 0.958 bits per heavy atom. The Morgan fingerprint density at radius 3 is 2.46 bits per heavy atom. The Morgan fingerprint density at radius 2 is 1.75 bits per heavy atom. The minimum atomic E-state index is 0.0961. The van der Waals surface area contributed by atoms with Crippen LogP contribution in [0.2, 0.25) is 0 Å². The molecule has 3 nitrogen and oxygen atoms in total. The molecular weight excluding hydrogens is 316 g/mol. The smallest absolute Gasteiger partial charge is 0.223 e. The van der Waals surface area contributed by atoms with Gasteiger partial charge in [0.05, 0.1) is 0 Å². The lowest BCUT2D eigenvalue weighted by molar-refractivity contribution is -0.133. The summed E-state index contributed by atoms with van der Waals surface area (Å²) in [6.07, 6.45) is 3.97. The number of benzene rings is 1. The van der Waals surface area contributed by atoms with Crippen molar-refractivity contribution in [3.05, 3.63) is 58.3 Å². The highest BCUT2D eigenvalue weighted by atomic mass is 32.1. The van der Waals surface area contributed by atoms with Crippen LogP contribution < -0.4 is 0 Å². The summed E-state index contributed by atoms with van der Waals surface area (Å²) in [6.45, 7) is 4.01. The van der Waals surface area contributed by atoms with Gasteiger partial charge in [0.25, 0.3) is 0 Å². The summed E-state index contributed by atoms with van der Waals surface area (Å²) in [6, 6.07) is 14.8. The van der Waals surface area contributed by atoms with Crippen LogP contribution in [0.5, 0.6) is 0 Å². The quantitative estimate of drug-likeness (QED) is 0.842. The molecule has 0 aliphatic carbocycles. The zero-order valence-corrected chi connectivity index (χ0v) is 14.8. The van der Waals surface area contributed by atoms with Gasteiger partial charge in [-0.2, -0.15) is 0 Å². The molecule has 0 N–H and O–H groups in total. The van der Waals surface area contributed by atoms with Gasteiger partial charge in [-0.25, -0.2) is 0 Å². The number of hydrogen-bond acceptors (Lipinski definition) is 3.